The molecule has 0 aromatic heterocycles. The van der Waals surface area contributed by atoms with Crippen LogP contribution in [-0.4, -0.2) is 35.8 Å². The topological polar surface area (TPSA) is 41.6 Å². The van der Waals surface area contributed by atoms with E-state index in [0.29, 0.717) is 6.42 Å². The van der Waals surface area contributed by atoms with Gasteiger partial charge in [-0.2, -0.15) is 13.2 Å². The highest BCUT2D eigenvalue weighted by Crippen LogP contribution is 2.36. The molecule has 2 rings (SSSR count). The Labute approximate surface area is 100 Å². The number of nitrogens with one attached hydrogen (secondary N) is 1. The van der Waals surface area contributed by atoms with Crippen LogP contribution in [-0.2, 0) is 9.53 Å². The molecule has 0 bridgehead atoms. The lowest BCUT2D eigenvalue weighted by Gasteiger charge is -2.26. The summed E-state index contributed by atoms with van der Waals surface area (Å²) in [5, 5.41) is 0.813. The first kappa shape index (κ1) is 12.5. The second kappa shape index (κ2) is 4.06. The number of hydrogen-bond acceptors (Lipinski definition) is 4. The van der Waals surface area contributed by atoms with E-state index >= 15 is 0 Å². The van der Waals surface area contributed by atoms with E-state index in [-0.39, 0.29) is 17.3 Å². The molecule has 1 saturated heterocycles. The molecule has 2 atom stereocenters. The predicted molar refractivity (Wildman–Crippen MR) is 52.7 cm³/mol. The molecule has 0 aromatic rings. The van der Waals surface area contributed by atoms with Crippen molar-refractivity contribution in [3.05, 3.63) is 10.7 Å². The Balaban J connectivity index is 2.21. The van der Waals surface area contributed by atoms with E-state index in [2.05, 4.69) is 5.43 Å². The number of halogens is 4. The monoisotopic (exact) mass is 270 g/mol. The summed E-state index contributed by atoms with van der Waals surface area (Å²) in [6, 6.07) is -2.69. The van der Waals surface area contributed by atoms with Crippen molar-refractivity contribution in [1.29, 1.82) is 0 Å². The van der Waals surface area contributed by atoms with E-state index in [4.69, 9.17) is 16.3 Å². The summed E-state index contributed by atoms with van der Waals surface area (Å²) < 4.78 is 42.6. The molecule has 1 fully saturated rings. The van der Waals surface area contributed by atoms with Gasteiger partial charge in [-0.15, -0.1) is 0 Å². The van der Waals surface area contributed by atoms with Crippen molar-refractivity contribution in [3.63, 3.8) is 0 Å². The quantitative estimate of drug-likeness (QED) is 0.734. The molecule has 0 saturated carbocycles. The number of carbonyl (C=O) groups excluding carboxylic acids is 1. The summed E-state index contributed by atoms with van der Waals surface area (Å²) >= 11 is 5.64. The van der Waals surface area contributed by atoms with Gasteiger partial charge < -0.3 is 4.74 Å². The molecule has 0 radical (unpaired) electrons. The van der Waals surface area contributed by atoms with Gasteiger partial charge in [-0.3, -0.25) is 5.01 Å². The highest BCUT2D eigenvalue weighted by atomic mass is 35.5. The fraction of sp³-hybridized carbons (Fsp3) is 0.667. The van der Waals surface area contributed by atoms with E-state index in [1.165, 1.54) is 6.92 Å². The fourth-order valence-electron chi connectivity index (χ4n) is 1.88. The van der Waals surface area contributed by atoms with Gasteiger partial charge in [0.05, 0.1) is 11.6 Å². The van der Waals surface area contributed by atoms with Crippen LogP contribution in [0.1, 0.15) is 13.3 Å². The number of alkyl halides is 3. The molecule has 2 heterocycles. The molecule has 8 heteroatoms. The minimum Gasteiger partial charge on any atom is -0.464 e. The number of hydrazine groups is 1. The standard InChI is InChI=1S/C9H10ClF3N2O2/c1-4-6(10)7(9(11,12)13)14-15(4)5-2-3-17-8(5)16/h5,7,14H,2-3H2,1H3. The first-order chi connectivity index (χ1) is 7.82. The summed E-state index contributed by atoms with van der Waals surface area (Å²) in [6.45, 7) is 1.65. The first-order valence-electron chi connectivity index (χ1n) is 4.97. The van der Waals surface area contributed by atoms with Crippen molar-refractivity contribution in [2.45, 2.75) is 31.6 Å². The molecule has 96 valence electrons. The SMILES string of the molecule is CC1=C(Cl)C(C(F)(F)F)NN1C1CCOC1=O. The van der Waals surface area contributed by atoms with E-state index in [1.807, 2.05) is 0 Å². The van der Waals surface area contributed by atoms with E-state index in [1.54, 1.807) is 0 Å². The van der Waals surface area contributed by atoms with Gasteiger partial charge >= 0.3 is 12.1 Å². The second-order valence-corrected chi connectivity index (χ2v) is 4.29. The lowest BCUT2D eigenvalue weighted by atomic mass is 10.2. The van der Waals surface area contributed by atoms with Crippen molar-refractivity contribution in [3.8, 4) is 0 Å². The zero-order valence-corrected chi connectivity index (χ0v) is 9.60. The number of hydrogen-bond donors (Lipinski definition) is 1. The van der Waals surface area contributed by atoms with Gasteiger partial charge in [0.15, 0.2) is 6.04 Å². The Morgan fingerprint density at radius 3 is 2.59 bits per heavy atom. The molecular formula is C9H10ClF3N2O2. The van der Waals surface area contributed by atoms with Crippen molar-refractivity contribution in [2.75, 3.05) is 6.61 Å². The summed E-state index contributed by atoms with van der Waals surface area (Å²) in [5.41, 5.74) is 2.41. The number of cyclic esters (lactones) is 1. The van der Waals surface area contributed by atoms with Crippen LogP contribution in [0.2, 0.25) is 0 Å². The zero-order chi connectivity index (χ0) is 12.8. The molecule has 2 unspecified atom stereocenters. The smallest absolute Gasteiger partial charge is 0.410 e. The van der Waals surface area contributed by atoms with Crippen molar-refractivity contribution in [2.24, 2.45) is 0 Å². The van der Waals surface area contributed by atoms with E-state index in [0.717, 1.165) is 5.01 Å². The van der Waals surface area contributed by atoms with Crippen LogP contribution in [0.15, 0.2) is 10.7 Å². The molecule has 1 N–H and O–H groups in total. The average Bonchev–Trinajstić information content (AvgIpc) is 2.73. The Morgan fingerprint density at radius 2 is 2.18 bits per heavy atom. The Bertz CT molecular complexity index is 383. The minimum atomic E-state index is -4.49. The van der Waals surface area contributed by atoms with Crippen LogP contribution in [0, 0.1) is 0 Å². The molecule has 4 nitrogen and oxygen atoms in total. The van der Waals surface area contributed by atoms with Crippen LogP contribution in [0.4, 0.5) is 13.2 Å². The molecule has 0 amide bonds. The van der Waals surface area contributed by atoms with Gasteiger partial charge in [0, 0.05) is 12.1 Å². The predicted octanol–water partition coefficient (Wildman–Crippen LogP) is 1.52. The number of esters is 1. The zero-order valence-electron chi connectivity index (χ0n) is 8.84. The molecule has 0 aliphatic carbocycles. The normalized spacial score (nSPS) is 30.2. The van der Waals surface area contributed by atoms with Crippen LogP contribution in [0.25, 0.3) is 0 Å². The van der Waals surface area contributed by atoms with Gasteiger partial charge in [-0.25, -0.2) is 10.2 Å². The molecule has 0 spiro atoms. The highest BCUT2D eigenvalue weighted by molar-refractivity contribution is 6.30. The molecule has 2 aliphatic heterocycles. The maximum absolute atomic E-state index is 12.6. The molecule has 17 heavy (non-hydrogen) atoms. The van der Waals surface area contributed by atoms with Crippen LogP contribution in [0.3, 0.4) is 0 Å². The van der Waals surface area contributed by atoms with Crippen LogP contribution in [0.5, 0.6) is 0 Å². The summed E-state index contributed by atoms with van der Waals surface area (Å²) in [7, 11) is 0. The van der Waals surface area contributed by atoms with E-state index in [9.17, 15) is 18.0 Å². The lowest BCUT2D eigenvalue weighted by molar-refractivity contribution is -0.156. The first-order valence-corrected chi connectivity index (χ1v) is 5.35. The maximum atomic E-state index is 12.6. The van der Waals surface area contributed by atoms with Gasteiger partial charge in [-0.05, 0) is 6.92 Å². The third-order valence-electron chi connectivity index (χ3n) is 2.78. The number of allylic oxidation sites excluding steroid dienone is 1. The van der Waals surface area contributed by atoms with Crippen LogP contribution >= 0.6 is 11.6 Å². The van der Waals surface area contributed by atoms with Crippen LogP contribution < -0.4 is 5.43 Å². The average molecular weight is 271 g/mol. The number of nitrogens with zero attached hydrogens (tertiary/aromatic N) is 1. The van der Waals surface area contributed by atoms with Crippen molar-refractivity contribution >= 4 is 17.6 Å². The van der Waals surface area contributed by atoms with Gasteiger partial charge in [0.1, 0.15) is 6.04 Å². The largest absolute Gasteiger partial charge is 0.464 e. The number of ether oxygens (including phenoxy) is 1. The third-order valence-corrected chi connectivity index (χ3v) is 3.27. The van der Waals surface area contributed by atoms with Crippen molar-refractivity contribution < 1.29 is 22.7 Å². The van der Waals surface area contributed by atoms with Gasteiger partial charge in [-0.1, -0.05) is 11.6 Å². The molecular weight excluding hydrogens is 261 g/mol. The summed E-state index contributed by atoms with van der Waals surface area (Å²) in [4.78, 5) is 11.3. The third kappa shape index (κ3) is 2.09. The maximum Gasteiger partial charge on any atom is 0.410 e. The lowest BCUT2D eigenvalue weighted by Crippen LogP contribution is -2.50. The summed E-state index contributed by atoms with van der Waals surface area (Å²) in [5.74, 6) is -0.538. The molecule has 2 aliphatic rings. The Kier molecular flexibility index (Phi) is 2.99. The number of rotatable bonds is 1. The second-order valence-electron chi connectivity index (χ2n) is 3.88. The molecule has 0 aromatic carbocycles. The van der Waals surface area contributed by atoms with E-state index < -0.39 is 24.2 Å². The number of carbonyl (C=O) groups is 1. The Hall–Kier alpha value is -0.950. The van der Waals surface area contributed by atoms with Crippen molar-refractivity contribution in [1.82, 2.24) is 10.4 Å². The van der Waals surface area contributed by atoms with Gasteiger partial charge in [0.2, 0.25) is 0 Å². The Morgan fingerprint density at radius 1 is 1.53 bits per heavy atom. The fourth-order valence-corrected chi connectivity index (χ4v) is 2.14. The van der Waals surface area contributed by atoms with Gasteiger partial charge in [0.25, 0.3) is 0 Å². The summed E-state index contributed by atoms with van der Waals surface area (Å²) in [6.07, 6.45) is -4.15. The minimum absolute atomic E-state index is 0.206. The highest BCUT2D eigenvalue weighted by Gasteiger charge is 2.50.